The molecule has 12 nitrogen and oxygen atoms in total. The Morgan fingerprint density at radius 2 is 1.38 bits per heavy atom. The average Bonchev–Trinajstić information content (AvgIpc) is 3.55. The molecule has 0 unspecified atom stereocenters. The van der Waals surface area contributed by atoms with E-state index in [-0.39, 0.29) is 23.3 Å². The van der Waals surface area contributed by atoms with Gasteiger partial charge < -0.3 is 19.6 Å². The number of halogens is 1. The molecule has 0 aliphatic carbocycles. The normalized spacial score (nSPS) is 23.6. The van der Waals surface area contributed by atoms with Crippen molar-refractivity contribution in [2.75, 3.05) is 98.1 Å². The predicted octanol–water partition coefficient (Wildman–Crippen LogP) is 5.65. The first kappa shape index (κ1) is 38.7. The third-order valence-corrected chi connectivity index (χ3v) is 14.4. The molecular weight excluding hydrogens is 750 g/mol. The van der Waals surface area contributed by atoms with E-state index in [0.717, 1.165) is 121 Å². The number of urea groups is 1. The molecule has 6 aliphatic rings. The number of piperazine rings is 1. The molecule has 3 aromatic carbocycles. The maximum Gasteiger partial charge on any atom is 0.328 e. The first-order valence-corrected chi connectivity index (χ1v) is 21.6. The summed E-state index contributed by atoms with van der Waals surface area (Å²) in [6, 6.07) is 25.6. The molecular formula is C45H54ClN9O3. The van der Waals surface area contributed by atoms with Gasteiger partial charge >= 0.3 is 6.03 Å². The lowest BCUT2D eigenvalue weighted by Crippen LogP contribution is -2.66. The number of amides is 4. The van der Waals surface area contributed by atoms with Gasteiger partial charge in [0.1, 0.15) is 6.07 Å². The number of carbonyl (C=O) groups excluding carboxylic acids is 3. The molecule has 9 rings (SSSR count). The van der Waals surface area contributed by atoms with Gasteiger partial charge in [0.2, 0.25) is 5.91 Å². The summed E-state index contributed by atoms with van der Waals surface area (Å²) < 4.78 is 0. The van der Waals surface area contributed by atoms with Gasteiger partial charge in [0.15, 0.2) is 0 Å². The SMILES string of the molecule is C[C@@H]1CC2(CCN(c3ccc(C(=O)N4CCC(N5CC(N6CCN(c7ccc(N8CCC(=O)NC8=O)cc7)CC6)C5)CC4)cc3)CC2)CN1c1ccc(C#N)c(Cl)c1. The average molecular weight is 804 g/mol. The van der Waals surface area contributed by atoms with Crippen molar-refractivity contribution in [3.05, 3.63) is 82.9 Å². The number of anilines is 4. The van der Waals surface area contributed by atoms with Crippen LogP contribution in [0.3, 0.4) is 0 Å². The molecule has 6 aliphatic heterocycles. The van der Waals surface area contributed by atoms with Gasteiger partial charge in [0.25, 0.3) is 5.91 Å². The molecule has 304 valence electrons. The number of imide groups is 1. The van der Waals surface area contributed by atoms with Crippen LogP contribution in [0.15, 0.2) is 66.7 Å². The van der Waals surface area contributed by atoms with Crippen molar-refractivity contribution in [2.45, 2.75) is 63.6 Å². The van der Waals surface area contributed by atoms with Crippen molar-refractivity contribution in [3.63, 3.8) is 0 Å². The number of nitrogens with one attached hydrogen (secondary N) is 1. The highest BCUT2D eigenvalue weighted by Crippen LogP contribution is 2.46. The zero-order valence-electron chi connectivity index (χ0n) is 33.5. The molecule has 1 N–H and O–H groups in total. The number of hydrogen-bond acceptors (Lipinski definition) is 9. The smallest absolute Gasteiger partial charge is 0.328 e. The van der Waals surface area contributed by atoms with E-state index in [9.17, 15) is 19.6 Å². The highest BCUT2D eigenvalue weighted by Gasteiger charge is 2.44. The summed E-state index contributed by atoms with van der Waals surface area (Å²) in [5, 5.41) is 12.2. The van der Waals surface area contributed by atoms with Crippen LogP contribution in [-0.4, -0.2) is 129 Å². The Balaban J connectivity index is 0.691. The first-order chi connectivity index (χ1) is 28.1. The third kappa shape index (κ3) is 7.72. The molecule has 3 aromatic rings. The number of hydrogen-bond donors (Lipinski definition) is 1. The second-order valence-corrected chi connectivity index (χ2v) is 17.8. The molecule has 6 heterocycles. The Bertz CT molecular complexity index is 2040. The van der Waals surface area contributed by atoms with Gasteiger partial charge in [-0.25, -0.2) is 4.79 Å². The molecule has 0 radical (unpaired) electrons. The summed E-state index contributed by atoms with van der Waals surface area (Å²) in [5.74, 6) is -0.0712. The van der Waals surface area contributed by atoms with E-state index in [2.05, 4.69) is 72.0 Å². The second kappa shape index (κ2) is 16.1. The van der Waals surface area contributed by atoms with Crippen molar-refractivity contribution in [1.29, 1.82) is 5.26 Å². The van der Waals surface area contributed by atoms with Crippen molar-refractivity contribution in [2.24, 2.45) is 5.41 Å². The zero-order valence-corrected chi connectivity index (χ0v) is 34.2. The predicted molar refractivity (Wildman–Crippen MR) is 228 cm³/mol. The van der Waals surface area contributed by atoms with Crippen LogP contribution in [0, 0.1) is 16.7 Å². The summed E-state index contributed by atoms with van der Waals surface area (Å²) in [6.45, 7) is 13.6. The molecule has 0 bridgehead atoms. The molecule has 1 spiro atoms. The fraction of sp³-hybridized carbons (Fsp3) is 0.511. The van der Waals surface area contributed by atoms with E-state index >= 15 is 0 Å². The summed E-state index contributed by atoms with van der Waals surface area (Å²) >= 11 is 6.39. The van der Waals surface area contributed by atoms with Gasteiger partial charge in [0.05, 0.1) is 10.6 Å². The monoisotopic (exact) mass is 803 g/mol. The van der Waals surface area contributed by atoms with Gasteiger partial charge in [-0.05, 0) is 111 Å². The maximum absolute atomic E-state index is 13.6. The first-order valence-electron chi connectivity index (χ1n) is 21.2. The maximum atomic E-state index is 13.6. The quantitative estimate of drug-likeness (QED) is 0.324. The Morgan fingerprint density at radius 1 is 0.759 bits per heavy atom. The number of nitriles is 1. The lowest BCUT2D eigenvalue weighted by molar-refractivity contribution is -0.120. The number of piperidine rings is 2. The lowest BCUT2D eigenvalue weighted by Gasteiger charge is -2.52. The van der Waals surface area contributed by atoms with Crippen LogP contribution in [0.4, 0.5) is 27.5 Å². The summed E-state index contributed by atoms with van der Waals surface area (Å²) in [4.78, 5) is 53.6. The highest BCUT2D eigenvalue weighted by molar-refractivity contribution is 6.32. The number of rotatable bonds is 7. The highest BCUT2D eigenvalue weighted by atomic mass is 35.5. The minimum absolute atomic E-state index is 0.146. The minimum atomic E-state index is -0.350. The largest absolute Gasteiger partial charge is 0.371 e. The van der Waals surface area contributed by atoms with Crippen LogP contribution in [0.5, 0.6) is 0 Å². The fourth-order valence-corrected chi connectivity index (χ4v) is 10.7. The number of nitrogens with zero attached hydrogens (tertiary/aromatic N) is 8. The van der Waals surface area contributed by atoms with Gasteiger partial charge in [-0.3, -0.25) is 29.6 Å². The zero-order chi connectivity index (χ0) is 40.0. The van der Waals surface area contributed by atoms with E-state index in [1.165, 1.54) is 11.4 Å². The van der Waals surface area contributed by atoms with Crippen molar-refractivity contribution < 1.29 is 14.4 Å². The van der Waals surface area contributed by atoms with Gasteiger partial charge in [-0.1, -0.05) is 11.6 Å². The molecule has 58 heavy (non-hydrogen) atoms. The fourth-order valence-electron chi connectivity index (χ4n) is 10.5. The van der Waals surface area contributed by atoms with Crippen LogP contribution >= 0.6 is 11.6 Å². The summed E-state index contributed by atoms with van der Waals surface area (Å²) in [5.41, 5.74) is 5.86. The molecule has 6 fully saturated rings. The molecule has 0 aromatic heterocycles. The molecule has 6 saturated heterocycles. The van der Waals surface area contributed by atoms with Crippen LogP contribution in [0.25, 0.3) is 0 Å². The topological polar surface area (TPSA) is 110 Å². The standard InChI is InChI=1S/C45H54ClN9O3/c1-32-27-45(31-55(32)39-7-4-34(28-47)41(46)26-39)15-20-49(21-16-45)35-5-2-33(3-6-35)43(57)52-17-12-37(13-18-52)53-29-40(30-53)51-24-22-50(23-25-51)36-8-10-38(11-9-36)54-19-14-42(56)48-44(54)58/h2-11,26,32,37,40H,12-25,27,29-31H2,1H3,(H,48,56,58)/t32-/m1/s1. The minimum Gasteiger partial charge on any atom is -0.371 e. The third-order valence-electron chi connectivity index (χ3n) is 14.0. The van der Waals surface area contributed by atoms with Gasteiger partial charge in [-0.15, -0.1) is 0 Å². The number of carbonyl (C=O) groups is 3. The summed E-state index contributed by atoms with van der Waals surface area (Å²) in [7, 11) is 0. The van der Waals surface area contributed by atoms with Crippen LogP contribution < -0.4 is 24.9 Å². The number of likely N-dealkylation sites (tertiary alicyclic amines) is 2. The molecule has 0 saturated carbocycles. The van der Waals surface area contributed by atoms with E-state index in [1.54, 1.807) is 4.90 Å². The second-order valence-electron chi connectivity index (χ2n) is 17.4. The number of benzene rings is 3. The lowest BCUT2D eigenvalue weighted by atomic mass is 9.76. The van der Waals surface area contributed by atoms with Crippen LogP contribution in [-0.2, 0) is 4.79 Å². The van der Waals surface area contributed by atoms with Crippen molar-refractivity contribution >= 4 is 52.2 Å². The van der Waals surface area contributed by atoms with Crippen LogP contribution in [0.1, 0.15) is 61.4 Å². The Labute approximate surface area is 346 Å². The summed E-state index contributed by atoms with van der Waals surface area (Å²) in [6.07, 6.45) is 5.80. The van der Waals surface area contributed by atoms with Crippen LogP contribution in [0.2, 0.25) is 5.02 Å². The van der Waals surface area contributed by atoms with Crippen molar-refractivity contribution in [3.8, 4) is 6.07 Å². The van der Waals surface area contributed by atoms with Gasteiger partial charge in [-0.2, -0.15) is 5.26 Å². The Hall–Kier alpha value is -4.83. The molecule has 1 atom stereocenters. The van der Waals surface area contributed by atoms with Crippen molar-refractivity contribution in [1.82, 2.24) is 20.0 Å². The molecule has 4 amide bonds. The van der Waals surface area contributed by atoms with E-state index in [1.807, 2.05) is 42.5 Å². The van der Waals surface area contributed by atoms with E-state index in [4.69, 9.17) is 11.6 Å². The Kier molecular flexibility index (Phi) is 10.7. The van der Waals surface area contributed by atoms with E-state index in [0.29, 0.717) is 41.7 Å². The molecule has 13 heteroatoms. The van der Waals surface area contributed by atoms with Gasteiger partial charge in [0, 0.05) is 131 Å². The Morgan fingerprint density at radius 3 is 2.02 bits per heavy atom. The van der Waals surface area contributed by atoms with E-state index < -0.39 is 0 Å².